The maximum absolute atomic E-state index is 12.7. The van der Waals surface area contributed by atoms with E-state index < -0.39 is 0 Å². The summed E-state index contributed by atoms with van der Waals surface area (Å²) in [4.78, 5) is 25.3. The molecule has 0 saturated carbocycles. The number of fused-ring (bicyclic) bond motifs is 2. The molecule has 0 spiro atoms. The van der Waals surface area contributed by atoms with Crippen molar-refractivity contribution >= 4 is 45.1 Å². The molecule has 0 aliphatic rings. The summed E-state index contributed by atoms with van der Waals surface area (Å²) in [5.41, 5.74) is 2.83. The molecule has 3 aromatic carbocycles. The summed E-state index contributed by atoms with van der Waals surface area (Å²) in [6.45, 7) is 6.38. The highest BCUT2D eigenvalue weighted by Crippen LogP contribution is 2.27. The first-order chi connectivity index (χ1) is 13.7. The lowest BCUT2D eigenvalue weighted by atomic mass is 9.87. The zero-order valence-corrected chi connectivity index (χ0v) is 17.1. The molecule has 29 heavy (non-hydrogen) atoms. The molecule has 0 atom stereocenters. The topological polar surface area (TPSA) is 59.3 Å². The Morgan fingerprint density at radius 3 is 2.38 bits per heavy atom. The number of carbonyl (C=O) groups excluding carboxylic acids is 1. The van der Waals surface area contributed by atoms with Crippen LogP contribution in [0.5, 0.6) is 0 Å². The van der Waals surface area contributed by atoms with E-state index in [4.69, 9.17) is 16.0 Å². The number of rotatable bonds is 2. The smallest absolute Gasteiger partial charge is 0.255 e. The van der Waals surface area contributed by atoms with E-state index in [1.165, 1.54) is 0 Å². The van der Waals surface area contributed by atoms with Gasteiger partial charge in [-0.1, -0.05) is 50.6 Å². The van der Waals surface area contributed by atoms with Gasteiger partial charge in [0.25, 0.3) is 5.91 Å². The maximum atomic E-state index is 12.7. The van der Waals surface area contributed by atoms with Gasteiger partial charge in [0.2, 0.25) is 5.43 Å². The lowest BCUT2D eigenvalue weighted by molar-refractivity contribution is 0.102. The molecule has 0 saturated heterocycles. The van der Waals surface area contributed by atoms with Gasteiger partial charge in [0.15, 0.2) is 5.58 Å². The quantitative estimate of drug-likeness (QED) is 0.407. The Hall–Kier alpha value is -3.11. The maximum Gasteiger partial charge on any atom is 0.255 e. The second kappa shape index (κ2) is 7.05. The normalized spacial score (nSPS) is 11.7. The van der Waals surface area contributed by atoms with Gasteiger partial charge in [-0.05, 0) is 47.4 Å². The molecule has 0 aliphatic carbocycles. The van der Waals surface area contributed by atoms with Crippen LogP contribution in [0.4, 0.5) is 5.69 Å². The van der Waals surface area contributed by atoms with Crippen LogP contribution in [0, 0.1) is 0 Å². The van der Waals surface area contributed by atoms with Gasteiger partial charge in [-0.25, -0.2) is 0 Å². The molecular weight excluding hydrogens is 386 g/mol. The third-order valence-electron chi connectivity index (χ3n) is 4.92. The Kier molecular flexibility index (Phi) is 4.67. The van der Waals surface area contributed by atoms with Crippen LogP contribution in [0.15, 0.2) is 69.9 Å². The number of halogens is 1. The van der Waals surface area contributed by atoms with Crippen LogP contribution in [0.25, 0.3) is 21.9 Å². The molecule has 0 aliphatic heterocycles. The molecule has 146 valence electrons. The predicted octanol–water partition coefficient (Wildman–Crippen LogP) is 6.15. The fraction of sp³-hybridized carbons (Fsp3) is 0.167. The average Bonchev–Trinajstić information content (AvgIpc) is 2.68. The molecule has 0 fully saturated rings. The summed E-state index contributed by atoms with van der Waals surface area (Å²) in [6.07, 6.45) is 0. The molecule has 5 heteroatoms. The van der Waals surface area contributed by atoms with Gasteiger partial charge in [-0.2, -0.15) is 0 Å². The number of anilines is 1. The van der Waals surface area contributed by atoms with Gasteiger partial charge in [0, 0.05) is 17.3 Å². The molecule has 4 rings (SSSR count). The fourth-order valence-electron chi connectivity index (χ4n) is 3.24. The molecule has 1 heterocycles. The largest absolute Gasteiger partial charge is 0.454 e. The number of benzene rings is 3. The van der Waals surface area contributed by atoms with Crippen LogP contribution < -0.4 is 10.7 Å². The zero-order valence-electron chi connectivity index (χ0n) is 16.4. The van der Waals surface area contributed by atoms with Crippen molar-refractivity contribution in [1.29, 1.82) is 0 Å². The predicted molar refractivity (Wildman–Crippen MR) is 118 cm³/mol. The Morgan fingerprint density at radius 1 is 0.966 bits per heavy atom. The lowest BCUT2D eigenvalue weighted by Gasteiger charge is -2.19. The van der Waals surface area contributed by atoms with Crippen LogP contribution in [0.2, 0.25) is 5.02 Å². The Bertz CT molecular complexity index is 1300. The van der Waals surface area contributed by atoms with E-state index in [0.29, 0.717) is 38.2 Å². The highest BCUT2D eigenvalue weighted by atomic mass is 35.5. The zero-order chi connectivity index (χ0) is 20.8. The van der Waals surface area contributed by atoms with Gasteiger partial charge in [0.05, 0.1) is 15.8 Å². The highest BCUT2D eigenvalue weighted by Gasteiger charge is 2.15. The van der Waals surface area contributed by atoms with E-state index in [0.717, 1.165) is 5.56 Å². The van der Waals surface area contributed by atoms with Gasteiger partial charge < -0.3 is 9.73 Å². The van der Waals surface area contributed by atoms with Gasteiger partial charge in [0.1, 0.15) is 5.58 Å². The van der Waals surface area contributed by atoms with E-state index >= 15 is 0 Å². The first-order valence-electron chi connectivity index (χ1n) is 9.31. The first-order valence-corrected chi connectivity index (χ1v) is 9.69. The van der Waals surface area contributed by atoms with Crippen molar-refractivity contribution in [3.05, 3.63) is 87.0 Å². The number of amides is 1. The summed E-state index contributed by atoms with van der Waals surface area (Å²) in [5.74, 6) is -0.231. The van der Waals surface area contributed by atoms with E-state index in [2.05, 4.69) is 26.1 Å². The minimum absolute atomic E-state index is 0.0228. The summed E-state index contributed by atoms with van der Waals surface area (Å²) in [6, 6.07) is 17.6. The van der Waals surface area contributed by atoms with Crippen molar-refractivity contribution in [3.63, 3.8) is 0 Å². The molecule has 4 nitrogen and oxygen atoms in total. The van der Waals surface area contributed by atoms with Crippen LogP contribution in [-0.4, -0.2) is 5.91 Å². The van der Waals surface area contributed by atoms with Gasteiger partial charge >= 0.3 is 0 Å². The highest BCUT2D eigenvalue weighted by molar-refractivity contribution is 6.34. The molecule has 1 aromatic heterocycles. The van der Waals surface area contributed by atoms with Gasteiger partial charge in [-0.15, -0.1) is 0 Å². The fourth-order valence-corrected chi connectivity index (χ4v) is 3.46. The van der Waals surface area contributed by atoms with Crippen molar-refractivity contribution < 1.29 is 9.21 Å². The van der Waals surface area contributed by atoms with E-state index in [1.54, 1.807) is 36.4 Å². The van der Waals surface area contributed by atoms with Crippen molar-refractivity contribution in [3.8, 4) is 0 Å². The van der Waals surface area contributed by atoms with Gasteiger partial charge in [-0.3, -0.25) is 9.59 Å². The van der Waals surface area contributed by atoms with Crippen molar-refractivity contribution in [1.82, 2.24) is 0 Å². The van der Waals surface area contributed by atoms with E-state index in [-0.39, 0.29) is 16.8 Å². The number of carbonyl (C=O) groups is 1. The molecule has 0 unspecified atom stereocenters. The molecule has 4 aromatic rings. The Labute approximate surface area is 173 Å². The second-order valence-corrected chi connectivity index (χ2v) is 8.45. The molecular formula is C24H20ClNO3. The summed E-state index contributed by atoms with van der Waals surface area (Å²) < 4.78 is 5.86. The van der Waals surface area contributed by atoms with Crippen LogP contribution >= 0.6 is 11.6 Å². The van der Waals surface area contributed by atoms with Crippen LogP contribution in [0.1, 0.15) is 36.7 Å². The summed E-state index contributed by atoms with van der Waals surface area (Å²) >= 11 is 6.18. The van der Waals surface area contributed by atoms with Crippen molar-refractivity contribution in [2.24, 2.45) is 0 Å². The molecule has 0 bridgehead atoms. The van der Waals surface area contributed by atoms with E-state index in [1.807, 2.05) is 24.3 Å². The van der Waals surface area contributed by atoms with Crippen molar-refractivity contribution in [2.75, 3.05) is 5.32 Å². The monoisotopic (exact) mass is 405 g/mol. The summed E-state index contributed by atoms with van der Waals surface area (Å²) in [5, 5.41) is 4.10. The standard InChI is InChI=1S/C24H20ClNO3/c1-24(2,3)15-9-7-14(8-10-15)23(28)26-16-11-12-17-20(13-16)29-22-18(21(17)27)5-4-6-19(22)25/h4-13H,1-3H3,(H,26,28). The SMILES string of the molecule is CC(C)(C)c1ccc(C(=O)Nc2ccc3c(=O)c4cccc(Cl)c4oc3c2)cc1. The third-order valence-corrected chi connectivity index (χ3v) is 5.22. The lowest BCUT2D eigenvalue weighted by Crippen LogP contribution is -2.14. The first kappa shape index (κ1) is 19.2. The second-order valence-electron chi connectivity index (χ2n) is 8.04. The molecule has 1 amide bonds. The number of hydrogen-bond donors (Lipinski definition) is 1. The van der Waals surface area contributed by atoms with Crippen molar-refractivity contribution in [2.45, 2.75) is 26.2 Å². The molecule has 1 N–H and O–H groups in total. The average molecular weight is 406 g/mol. The molecule has 0 radical (unpaired) electrons. The summed E-state index contributed by atoms with van der Waals surface area (Å²) in [7, 11) is 0. The minimum atomic E-state index is -0.231. The van der Waals surface area contributed by atoms with Crippen LogP contribution in [0.3, 0.4) is 0 Å². The third kappa shape index (κ3) is 3.64. The van der Waals surface area contributed by atoms with Crippen LogP contribution in [-0.2, 0) is 5.41 Å². The number of para-hydroxylation sites is 1. The van der Waals surface area contributed by atoms with E-state index in [9.17, 15) is 9.59 Å². The Morgan fingerprint density at radius 2 is 1.69 bits per heavy atom. The Balaban J connectivity index is 1.68. The number of nitrogens with one attached hydrogen (secondary N) is 1. The minimum Gasteiger partial charge on any atom is -0.454 e. The number of hydrogen-bond acceptors (Lipinski definition) is 3.